The van der Waals surface area contributed by atoms with E-state index in [1.807, 2.05) is 12.1 Å². The molecule has 4 heteroatoms. The van der Waals surface area contributed by atoms with Crippen molar-refractivity contribution in [2.24, 2.45) is 0 Å². The van der Waals surface area contributed by atoms with E-state index in [2.05, 4.69) is 122 Å². The summed E-state index contributed by atoms with van der Waals surface area (Å²) in [4.78, 5) is 0. The Hall–Kier alpha value is -3.92. The van der Waals surface area contributed by atoms with Crippen molar-refractivity contribution in [1.29, 1.82) is 0 Å². The molecule has 0 N–H and O–H groups in total. The summed E-state index contributed by atoms with van der Waals surface area (Å²) < 4.78 is 4.22. The zero-order valence-corrected chi connectivity index (χ0v) is 20.2. The van der Waals surface area contributed by atoms with Crippen molar-refractivity contribution >= 4 is 0 Å². The van der Waals surface area contributed by atoms with Crippen LogP contribution in [0.5, 0.6) is 0 Å². The first kappa shape index (κ1) is 21.9. The van der Waals surface area contributed by atoms with Gasteiger partial charge in [0.2, 0.25) is 0 Å². The summed E-state index contributed by atoms with van der Waals surface area (Å²) in [7, 11) is 0. The van der Waals surface area contributed by atoms with Gasteiger partial charge in [-0.3, -0.25) is 9.36 Å². The fourth-order valence-corrected chi connectivity index (χ4v) is 4.35. The molecule has 34 heavy (non-hydrogen) atoms. The van der Waals surface area contributed by atoms with Crippen LogP contribution in [-0.2, 0) is 0 Å². The Kier molecular flexibility index (Phi) is 5.89. The van der Waals surface area contributed by atoms with Crippen molar-refractivity contribution in [2.45, 2.75) is 39.8 Å². The molecule has 2 aromatic heterocycles. The van der Waals surface area contributed by atoms with E-state index in [1.165, 1.54) is 11.1 Å². The summed E-state index contributed by atoms with van der Waals surface area (Å²) in [6, 6.07) is 34.4. The molecule has 0 saturated heterocycles. The van der Waals surface area contributed by atoms with Crippen LogP contribution >= 0.6 is 0 Å². The van der Waals surface area contributed by atoms with Gasteiger partial charge < -0.3 is 0 Å². The molecule has 0 unspecified atom stereocenters. The van der Waals surface area contributed by atoms with Crippen molar-refractivity contribution in [3.05, 3.63) is 97.1 Å². The number of aromatic nitrogens is 4. The summed E-state index contributed by atoms with van der Waals surface area (Å²) in [6.07, 6.45) is 0. The lowest BCUT2D eigenvalue weighted by molar-refractivity contribution is 0.540. The van der Waals surface area contributed by atoms with Gasteiger partial charge in [0.1, 0.15) is 0 Å². The molecule has 170 valence electrons. The summed E-state index contributed by atoms with van der Waals surface area (Å²) in [5, 5.41) is 9.96. The number of nitrogens with zero attached hydrogens (tertiary/aromatic N) is 4. The van der Waals surface area contributed by atoms with Gasteiger partial charge in [-0.15, -0.1) is 0 Å². The number of hydrogen-bond donors (Lipinski definition) is 0. The van der Waals surface area contributed by atoms with Crippen molar-refractivity contribution in [2.75, 3.05) is 0 Å². The second-order valence-electron chi connectivity index (χ2n) is 9.22. The van der Waals surface area contributed by atoms with Crippen molar-refractivity contribution in [3.8, 4) is 45.0 Å². The lowest BCUT2D eigenvalue weighted by Crippen LogP contribution is -2.05. The Morgan fingerprint density at radius 2 is 0.853 bits per heavy atom. The van der Waals surface area contributed by atoms with Gasteiger partial charge >= 0.3 is 0 Å². The second kappa shape index (κ2) is 9.14. The van der Waals surface area contributed by atoms with Crippen LogP contribution in [0, 0.1) is 0 Å². The Labute approximate surface area is 201 Å². The number of rotatable bonds is 6. The van der Waals surface area contributed by atoms with Crippen LogP contribution in [0.4, 0.5) is 0 Å². The van der Waals surface area contributed by atoms with Crippen LogP contribution in [-0.4, -0.2) is 19.6 Å². The molecular weight excluding hydrogens is 416 g/mol. The smallest absolute Gasteiger partial charge is 0.0930 e. The van der Waals surface area contributed by atoms with E-state index in [9.17, 15) is 0 Å². The maximum absolute atomic E-state index is 4.98. The van der Waals surface area contributed by atoms with Gasteiger partial charge in [0.05, 0.1) is 22.8 Å². The third-order valence-corrected chi connectivity index (χ3v) is 6.04. The SMILES string of the molecule is CC(C)n1nc(-c2cccc(-c3cc(-c4ccccc4)n(C(C)C)n3)c2)cc1-c1ccccc1. The summed E-state index contributed by atoms with van der Waals surface area (Å²) >= 11 is 0. The molecule has 0 atom stereocenters. The highest BCUT2D eigenvalue weighted by molar-refractivity contribution is 5.75. The van der Waals surface area contributed by atoms with E-state index in [0.29, 0.717) is 0 Å². The molecule has 0 spiro atoms. The maximum atomic E-state index is 4.98. The topological polar surface area (TPSA) is 35.6 Å². The van der Waals surface area contributed by atoms with Gasteiger partial charge in [0.15, 0.2) is 0 Å². The molecule has 0 radical (unpaired) electrons. The molecule has 5 rings (SSSR count). The van der Waals surface area contributed by atoms with E-state index < -0.39 is 0 Å². The molecule has 2 heterocycles. The standard InChI is InChI=1S/C30H30N4/c1-21(2)33-29(23-12-7-5-8-13-23)19-27(31-33)25-16-11-17-26(18-25)28-20-30(34(32-28)22(3)4)24-14-9-6-10-15-24/h5-22H,1-4H3. The molecule has 0 aliphatic rings. The molecule has 5 aromatic rings. The van der Waals surface area contributed by atoms with Crippen LogP contribution < -0.4 is 0 Å². The van der Waals surface area contributed by atoms with Crippen LogP contribution in [0.15, 0.2) is 97.1 Å². The Bertz CT molecular complexity index is 1290. The summed E-state index contributed by atoms with van der Waals surface area (Å²) in [6.45, 7) is 8.68. The second-order valence-corrected chi connectivity index (χ2v) is 9.22. The van der Waals surface area contributed by atoms with Crippen LogP contribution in [0.2, 0.25) is 0 Å². The third-order valence-electron chi connectivity index (χ3n) is 6.04. The van der Waals surface area contributed by atoms with Crippen LogP contribution in [0.25, 0.3) is 45.0 Å². The molecule has 3 aromatic carbocycles. The Morgan fingerprint density at radius 1 is 0.471 bits per heavy atom. The lowest BCUT2D eigenvalue weighted by atomic mass is 10.0. The van der Waals surface area contributed by atoms with Crippen LogP contribution in [0.1, 0.15) is 39.8 Å². The first-order valence-electron chi connectivity index (χ1n) is 11.9. The molecule has 4 nitrogen and oxygen atoms in total. The van der Waals surface area contributed by atoms with Crippen molar-refractivity contribution in [3.63, 3.8) is 0 Å². The molecule has 0 fully saturated rings. The fraction of sp³-hybridized carbons (Fsp3) is 0.200. The highest BCUT2D eigenvalue weighted by Crippen LogP contribution is 2.33. The zero-order valence-electron chi connectivity index (χ0n) is 20.2. The lowest BCUT2D eigenvalue weighted by Gasteiger charge is -2.10. The van der Waals surface area contributed by atoms with Gasteiger partial charge in [-0.2, -0.15) is 10.2 Å². The molecule has 0 aliphatic heterocycles. The van der Waals surface area contributed by atoms with E-state index in [4.69, 9.17) is 10.2 Å². The minimum atomic E-state index is 0.266. The normalized spacial score (nSPS) is 11.5. The summed E-state index contributed by atoms with van der Waals surface area (Å²) in [5.74, 6) is 0. The first-order chi connectivity index (χ1) is 16.5. The largest absolute Gasteiger partial charge is 0.262 e. The van der Waals surface area contributed by atoms with E-state index in [1.54, 1.807) is 0 Å². The Morgan fingerprint density at radius 3 is 1.24 bits per heavy atom. The average Bonchev–Trinajstić information content (AvgIpc) is 3.51. The number of hydrogen-bond acceptors (Lipinski definition) is 2. The Balaban J connectivity index is 1.57. The molecule has 0 saturated carbocycles. The van der Waals surface area contributed by atoms with Crippen molar-refractivity contribution in [1.82, 2.24) is 19.6 Å². The minimum absolute atomic E-state index is 0.266. The molecular formula is C30H30N4. The van der Waals surface area contributed by atoms with Gasteiger partial charge in [-0.1, -0.05) is 78.9 Å². The van der Waals surface area contributed by atoms with E-state index >= 15 is 0 Å². The predicted octanol–water partition coefficient (Wildman–Crippen LogP) is 7.91. The number of benzene rings is 3. The van der Waals surface area contributed by atoms with E-state index in [0.717, 1.165) is 33.9 Å². The average molecular weight is 447 g/mol. The van der Waals surface area contributed by atoms with Gasteiger partial charge in [-0.05, 0) is 57.0 Å². The van der Waals surface area contributed by atoms with Crippen LogP contribution in [0.3, 0.4) is 0 Å². The zero-order chi connectivity index (χ0) is 23.7. The molecule has 0 aliphatic carbocycles. The maximum Gasteiger partial charge on any atom is 0.0930 e. The van der Waals surface area contributed by atoms with Gasteiger partial charge in [0, 0.05) is 23.2 Å². The quantitative estimate of drug-likeness (QED) is 0.266. The minimum Gasteiger partial charge on any atom is -0.262 e. The molecule has 0 amide bonds. The van der Waals surface area contributed by atoms with Gasteiger partial charge in [-0.25, -0.2) is 0 Å². The molecule has 0 bridgehead atoms. The third kappa shape index (κ3) is 4.19. The monoisotopic (exact) mass is 446 g/mol. The highest BCUT2D eigenvalue weighted by atomic mass is 15.3. The summed E-state index contributed by atoms with van der Waals surface area (Å²) in [5.41, 5.74) is 8.74. The predicted molar refractivity (Wildman–Crippen MR) is 141 cm³/mol. The van der Waals surface area contributed by atoms with Crippen molar-refractivity contribution < 1.29 is 0 Å². The first-order valence-corrected chi connectivity index (χ1v) is 11.9. The van der Waals surface area contributed by atoms with Gasteiger partial charge in [0.25, 0.3) is 0 Å². The fourth-order valence-electron chi connectivity index (χ4n) is 4.35. The highest BCUT2D eigenvalue weighted by Gasteiger charge is 2.16. The van der Waals surface area contributed by atoms with E-state index in [-0.39, 0.29) is 12.1 Å².